The normalized spacial score (nSPS) is 18.8. The molecule has 0 spiro atoms. The van der Waals surface area contributed by atoms with Crippen LogP contribution < -0.4 is 5.32 Å². The Bertz CT molecular complexity index is 187. The molecule has 0 aromatic carbocycles. The minimum atomic E-state index is 0.0544. The third-order valence-corrected chi connectivity index (χ3v) is 3.69. The molecule has 0 bridgehead atoms. The van der Waals surface area contributed by atoms with Gasteiger partial charge in [-0.2, -0.15) is 0 Å². The molecule has 2 nitrogen and oxygen atoms in total. The molecule has 1 fully saturated rings. The first kappa shape index (κ1) is 14.0. The van der Waals surface area contributed by atoms with Crippen LogP contribution in [0.4, 0.5) is 0 Å². The third-order valence-electron chi connectivity index (χ3n) is 3.69. The van der Waals surface area contributed by atoms with Crippen LogP contribution in [0.3, 0.4) is 0 Å². The first-order valence-corrected chi connectivity index (χ1v) is 6.87. The first-order chi connectivity index (χ1) is 7.59. The first-order valence-electron chi connectivity index (χ1n) is 6.87. The van der Waals surface area contributed by atoms with Gasteiger partial charge in [-0.05, 0) is 64.8 Å². The third kappa shape index (κ3) is 5.31. The van der Waals surface area contributed by atoms with Gasteiger partial charge in [0, 0.05) is 13.2 Å². The molecule has 0 aromatic heterocycles. The van der Waals surface area contributed by atoms with Gasteiger partial charge in [-0.25, -0.2) is 0 Å². The second-order valence-corrected chi connectivity index (χ2v) is 5.75. The lowest BCUT2D eigenvalue weighted by Gasteiger charge is -2.24. The van der Waals surface area contributed by atoms with E-state index in [0.29, 0.717) is 0 Å². The number of nitrogens with one attached hydrogen (secondary N) is 1. The fourth-order valence-corrected chi connectivity index (χ4v) is 2.18. The molecular formula is C14H29NO. The molecule has 1 atom stereocenters. The quantitative estimate of drug-likeness (QED) is 0.652. The summed E-state index contributed by atoms with van der Waals surface area (Å²) in [6.07, 6.45) is 7.88. The smallest absolute Gasteiger partial charge is 0.0622 e. The van der Waals surface area contributed by atoms with E-state index in [-0.39, 0.29) is 5.60 Å². The molecule has 16 heavy (non-hydrogen) atoms. The summed E-state index contributed by atoms with van der Waals surface area (Å²) in [4.78, 5) is 0. The van der Waals surface area contributed by atoms with Crippen molar-refractivity contribution >= 4 is 0 Å². The molecule has 0 saturated heterocycles. The summed E-state index contributed by atoms with van der Waals surface area (Å²) in [5, 5.41) is 3.69. The molecule has 0 heterocycles. The number of hydrogen-bond acceptors (Lipinski definition) is 2. The van der Waals surface area contributed by atoms with Crippen LogP contribution in [-0.4, -0.2) is 25.3 Å². The molecule has 1 aliphatic carbocycles. The molecule has 1 saturated carbocycles. The summed E-state index contributed by atoms with van der Waals surface area (Å²) in [7, 11) is 1.81. The summed E-state index contributed by atoms with van der Waals surface area (Å²) in [5.74, 6) is 0.970. The lowest BCUT2D eigenvalue weighted by Crippen LogP contribution is -2.32. The Balaban J connectivity index is 2.17. The van der Waals surface area contributed by atoms with E-state index in [4.69, 9.17) is 4.74 Å². The van der Waals surface area contributed by atoms with Crippen LogP contribution in [0.2, 0.25) is 0 Å². The van der Waals surface area contributed by atoms with Gasteiger partial charge in [0.25, 0.3) is 0 Å². The molecule has 2 heteroatoms. The van der Waals surface area contributed by atoms with Gasteiger partial charge in [-0.15, -0.1) is 0 Å². The zero-order valence-corrected chi connectivity index (χ0v) is 11.5. The van der Waals surface area contributed by atoms with E-state index in [0.717, 1.165) is 12.0 Å². The van der Waals surface area contributed by atoms with E-state index in [1.165, 1.54) is 45.1 Å². The van der Waals surface area contributed by atoms with Crippen LogP contribution in [0, 0.1) is 5.92 Å². The Hall–Kier alpha value is -0.0800. The van der Waals surface area contributed by atoms with Crippen molar-refractivity contribution in [2.24, 2.45) is 5.92 Å². The van der Waals surface area contributed by atoms with Gasteiger partial charge in [-0.1, -0.05) is 6.92 Å². The predicted octanol–water partition coefficient (Wildman–Crippen LogP) is 3.36. The molecule has 1 rings (SSSR count). The van der Waals surface area contributed by atoms with E-state index >= 15 is 0 Å². The van der Waals surface area contributed by atoms with E-state index in [1.807, 2.05) is 7.11 Å². The van der Waals surface area contributed by atoms with Crippen molar-refractivity contribution in [2.75, 3.05) is 13.7 Å². The standard InChI is InChI=1S/C14H29NO/c1-5-11-15-13(12-8-9-12)7-6-10-14(2,3)16-4/h12-13,15H,5-11H2,1-4H3. The lowest BCUT2D eigenvalue weighted by atomic mass is 9.97. The van der Waals surface area contributed by atoms with Gasteiger partial charge in [0.1, 0.15) is 0 Å². The molecule has 0 amide bonds. The predicted molar refractivity (Wildman–Crippen MR) is 69.7 cm³/mol. The number of hydrogen-bond donors (Lipinski definition) is 1. The van der Waals surface area contributed by atoms with E-state index < -0.39 is 0 Å². The van der Waals surface area contributed by atoms with Crippen LogP contribution in [0.1, 0.15) is 59.3 Å². The van der Waals surface area contributed by atoms with Gasteiger partial charge in [0.2, 0.25) is 0 Å². The van der Waals surface area contributed by atoms with Gasteiger partial charge in [-0.3, -0.25) is 0 Å². The van der Waals surface area contributed by atoms with Crippen molar-refractivity contribution in [2.45, 2.75) is 70.9 Å². The Kier molecular flexibility index (Phi) is 5.77. The molecule has 0 aromatic rings. The minimum absolute atomic E-state index is 0.0544. The van der Waals surface area contributed by atoms with Gasteiger partial charge >= 0.3 is 0 Å². The highest BCUT2D eigenvalue weighted by atomic mass is 16.5. The molecule has 1 unspecified atom stereocenters. The largest absolute Gasteiger partial charge is 0.379 e. The summed E-state index contributed by atoms with van der Waals surface area (Å²) in [6.45, 7) is 7.77. The summed E-state index contributed by atoms with van der Waals surface area (Å²) < 4.78 is 5.46. The summed E-state index contributed by atoms with van der Waals surface area (Å²) in [6, 6.07) is 0.771. The number of rotatable bonds is 9. The molecule has 0 radical (unpaired) electrons. The molecule has 1 N–H and O–H groups in total. The average molecular weight is 227 g/mol. The van der Waals surface area contributed by atoms with Crippen molar-refractivity contribution in [3.05, 3.63) is 0 Å². The lowest BCUT2D eigenvalue weighted by molar-refractivity contribution is 0.0128. The summed E-state index contributed by atoms with van der Waals surface area (Å²) >= 11 is 0. The Morgan fingerprint density at radius 2 is 2.06 bits per heavy atom. The van der Waals surface area contributed by atoms with E-state index in [1.54, 1.807) is 0 Å². The van der Waals surface area contributed by atoms with Crippen LogP contribution in [0.5, 0.6) is 0 Å². The van der Waals surface area contributed by atoms with Crippen molar-refractivity contribution < 1.29 is 4.74 Å². The van der Waals surface area contributed by atoms with Gasteiger partial charge < -0.3 is 10.1 Å². The highest BCUT2D eigenvalue weighted by Gasteiger charge is 2.30. The molecular weight excluding hydrogens is 198 g/mol. The topological polar surface area (TPSA) is 21.3 Å². The average Bonchev–Trinajstić information content (AvgIpc) is 3.07. The van der Waals surface area contributed by atoms with Crippen LogP contribution in [0.15, 0.2) is 0 Å². The fraction of sp³-hybridized carbons (Fsp3) is 1.00. The second kappa shape index (κ2) is 6.61. The molecule has 96 valence electrons. The van der Waals surface area contributed by atoms with Gasteiger partial charge in [0.15, 0.2) is 0 Å². The van der Waals surface area contributed by atoms with Crippen LogP contribution >= 0.6 is 0 Å². The van der Waals surface area contributed by atoms with Crippen LogP contribution in [-0.2, 0) is 4.74 Å². The molecule has 1 aliphatic rings. The second-order valence-electron chi connectivity index (χ2n) is 5.75. The maximum absolute atomic E-state index is 5.46. The minimum Gasteiger partial charge on any atom is -0.379 e. The fourth-order valence-electron chi connectivity index (χ4n) is 2.18. The zero-order valence-electron chi connectivity index (χ0n) is 11.5. The van der Waals surface area contributed by atoms with E-state index in [9.17, 15) is 0 Å². The number of ether oxygens (including phenoxy) is 1. The maximum atomic E-state index is 5.46. The van der Waals surface area contributed by atoms with Gasteiger partial charge in [0.05, 0.1) is 5.60 Å². The Morgan fingerprint density at radius 3 is 2.56 bits per heavy atom. The van der Waals surface area contributed by atoms with Crippen LogP contribution in [0.25, 0.3) is 0 Å². The Morgan fingerprint density at radius 1 is 1.38 bits per heavy atom. The highest BCUT2D eigenvalue weighted by molar-refractivity contribution is 4.86. The zero-order chi connectivity index (χ0) is 12.0. The van der Waals surface area contributed by atoms with Crippen molar-refractivity contribution in [1.29, 1.82) is 0 Å². The van der Waals surface area contributed by atoms with Crippen molar-refractivity contribution in [3.63, 3.8) is 0 Å². The van der Waals surface area contributed by atoms with E-state index in [2.05, 4.69) is 26.1 Å². The number of methoxy groups -OCH3 is 1. The summed E-state index contributed by atoms with van der Waals surface area (Å²) in [5.41, 5.74) is 0.0544. The molecule has 0 aliphatic heterocycles. The SMILES string of the molecule is CCCNC(CCCC(C)(C)OC)C1CC1. The monoisotopic (exact) mass is 227 g/mol. The Labute approximate surface area is 101 Å². The van der Waals surface area contributed by atoms with Crippen molar-refractivity contribution in [3.8, 4) is 0 Å². The van der Waals surface area contributed by atoms with Crippen molar-refractivity contribution in [1.82, 2.24) is 5.32 Å². The highest BCUT2D eigenvalue weighted by Crippen LogP contribution is 2.35. The maximum Gasteiger partial charge on any atom is 0.0622 e.